The van der Waals surface area contributed by atoms with Gasteiger partial charge < -0.3 is 10.1 Å². The van der Waals surface area contributed by atoms with Crippen molar-refractivity contribution in [2.75, 3.05) is 6.61 Å². The third-order valence-corrected chi connectivity index (χ3v) is 4.10. The molecule has 2 aliphatic rings. The fraction of sp³-hybridized carbons (Fsp3) is 0.733. The van der Waals surface area contributed by atoms with Crippen molar-refractivity contribution in [3.05, 3.63) is 23.8 Å². The molecule has 1 aromatic heterocycles. The average Bonchev–Trinajstić information content (AvgIpc) is 3.15. The van der Waals surface area contributed by atoms with E-state index in [2.05, 4.69) is 17.2 Å². The highest BCUT2D eigenvalue weighted by Gasteiger charge is 2.39. The minimum absolute atomic E-state index is 0.218. The van der Waals surface area contributed by atoms with Crippen LogP contribution in [0.2, 0.25) is 0 Å². The molecule has 0 unspecified atom stereocenters. The van der Waals surface area contributed by atoms with Crippen LogP contribution < -0.4 is 5.32 Å². The van der Waals surface area contributed by atoms with Gasteiger partial charge in [-0.2, -0.15) is 0 Å². The first-order chi connectivity index (χ1) is 9.32. The van der Waals surface area contributed by atoms with Crippen LogP contribution >= 0.6 is 0 Å². The molecule has 0 radical (unpaired) electrons. The molecular weight excluding hydrogens is 238 g/mol. The summed E-state index contributed by atoms with van der Waals surface area (Å²) in [5.74, 6) is 0.891. The number of hydrogen-bond acceptors (Lipinski definition) is 4. The molecule has 0 saturated heterocycles. The van der Waals surface area contributed by atoms with E-state index in [1.807, 2.05) is 12.3 Å². The molecule has 1 N–H and O–H groups in total. The van der Waals surface area contributed by atoms with Crippen LogP contribution in [0.5, 0.6) is 0 Å². The molecule has 4 heteroatoms. The van der Waals surface area contributed by atoms with E-state index in [1.165, 1.54) is 25.7 Å². The van der Waals surface area contributed by atoms with Crippen LogP contribution in [0.4, 0.5) is 0 Å². The van der Waals surface area contributed by atoms with Gasteiger partial charge in [0.1, 0.15) is 5.60 Å². The van der Waals surface area contributed by atoms with Crippen molar-refractivity contribution in [3.63, 3.8) is 0 Å². The van der Waals surface area contributed by atoms with E-state index >= 15 is 0 Å². The number of aromatic nitrogens is 2. The maximum Gasteiger partial charge on any atom is 0.160 e. The van der Waals surface area contributed by atoms with Crippen LogP contribution in [0.1, 0.15) is 57.0 Å². The Morgan fingerprint density at radius 3 is 2.84 bits per heavy atom. The van der Waals surface area contributed by atoms with E-state index in [0.717, 1.165) is 37.5 Å². The zero-order valence-corrected chi connectivity index (χ0v) is 11.7. The fourth-order valence-corrected chi connectivity index (χ4v) is 2.91. The Balaban J connectivity index is 1.75. The van der Waals surface area contributed by atoms with Crippen LogP contribution in [0.3, 0.4) is 0 Å². The van der Waals surface area contributed by atoms with Gasteiger partial charge >= 0.3 is 0 Å². The largest absolute Gasteiger partial charge is 0.367 e. The lowest BCUT2D eigenvalue weighted by atomic mass is 10.0. The predicted molar refractivity (Wildman–Crippen MR) is 73.7 cm³/mol. The Morgan fingerprint density at radius 2 is 2.16 bits per heavy atom. The van der Waals surface area contributed by atoms with E-state index < -0.39 is 0 Å². The van der Waals surface area contributed by atoms with Crippen molar-refractivity contribution in [1.29, 1.82) is 0 Å². The van der Waals surface area contributed by atoms with Gasteiger partial charge in [-0.3, -0.25) is 0 Å². The smallest absolute Gasteiger partial charge is 0.160 e. The first-order valence-corrected chi connectivity index (χ1v) is 7.52. The van der Waals surface area contributed by atoms with Gasteiger partial charge in [0.05, 0.1) is 5.69 Å². The third-order valence-electron chi connectivity index (χ3n) is 4.10. The molecule has 2 saturated carbocycles. The summed E-state index contributed by atoms with van der Waals surface area (Å²) in [6.07, 6.45) is 9.04. The first kappa shape index (κ1) is 13.0. The average molecular weight is 261 g/mol. The van der Waals surface area contributed by atoms with Gasteiger partial charge in [-0.1, -0.05) is 0 Å². The molecule has 19 heavy (non-hydrogen) atoms. The molecule has 104 valence electrons. The topological polar surface area (TPSA) is 47.0 Å². The van der Waals surface area contributed by atoms with E-state index in [0.29, 0.717) is 6.04 Å². The molecule has 0 amide bonds. The number of ether oxygens (including phenoxy) is 1. The van der Waals surface area contributed by atoms with Crippen LogP contribution in [0.25, 0.3) is 0 Å². The first-order valence-electron chi connectivity index (χ1n) is 7.52. The molecule has 3 rings (SSSR count). The predicted octanol–water partition coefficient (Wildman–Crippen LogP) is 2.53. The van der Waals surface area contributed by atoms with E-state index in [4.69, 9.17) is 9.72 Å². The SMILES string of the molecule is CCOC1(c2nccc(CNC3CC3)n2)CCCC1. The number of nitrogens with one attached hydrogen (secondary N) is 1. The molecule has 0 spiro atoms. The van der Waals surface area contributed by atoms with Gasteiger partial charge in [0.2, 0.25) is 0 Å². The molecule has 0 aliphatic heterocycles. The Kier molecular flexibility index (Phi) is 3.80. The van der Waals surface area contributed by atoms with Crippen LogP contribution in [0.15, 0.2) is 12.3 Å². The lowest BCUT2D eigenvalue weighted by molar-refractivity contribution is -0.0458. The van der Waals surface area contributed by atoms with Crippen molar-refractivity contribution >= 4 is 0 Å². The molecule has 2 fully saturated rings. The quantitative estimate of drug-likeness (QED) is 0.855. The lowest BCUT2D eigenvalue weighted by Gasteiger charge is -2.27. The normalized spacial score (nSPS) is 21.7. The van der Waals surface area contributed by atoms with Gasteiger partial charge in [0.25, 0.3) is 0 Å². The number of rotatable bonds is 6. The molecule has 0 atom stereocenters. The van der Waals surface area contributed by atoms with Gasteiger partial charge in [0, 0.05) is 25.4 Å². The van der Waals surface area contributed by atoms with Crippen molar-refractivity contribution in [2.45, 2.75) is 63.6 Å². The highest BCUT2D eigenvalue weighted by atomic mass is 16.5. The second kappa shape index (κ2) is 5.55. The Bertz CT molecular complexity index is 425. The lowest BCUT2D eigenvalue weighted by Crippen LogP contribution is -2.29. The van der Waals surface area contributed by atoms with Gasteiger partial charge in [-0.25, -0.2) is 9.97 Å². The van der Waals surface area contributed by atoms with E-state index in [9.17, 15) is 0 Å². The second-order valence-electron chi connectivity index (χ2n) is 5.66. The van der Waals surface area contributed by atoms with Crippen LogP contribution in [-0.2, 0) is 16.9 Å². The van der Waals surface area contributed by atoms with Crippen LogP contribution in [0, 0.1) is 0 Å². The molecule has 0 aromatic carbocycles. The van der Waals surface area contributed by atoms with E-state index in [1.54, 1.807) is 0 Å². The zero-order chi connectivity index (χ0) is 13.1. The number of hydrogen-bond donors (Lipinski definition) is 1. The standard InChI is InChI=1S/C15H23N3O/c1-2-19-15(8-3-4-9-15)14-16-10-7-13(18-14)11-17-12-5-6-12/h7,10,12,17H,2-6,8-9,11H2,1H3. The highest BCUT2D eigenvalue weighted by molar-refractivity contribution is 5.11. The summed E-state index contributed by atoms with van der Waals surface area (Å²) < 4.78 is 6.02. The Morgan fingerprint density at radius 1 is 1.37 bits per heavy atom. The molecule has 4 nitrogen and oxygen atoms in total. The summed E-state index contributed by atoms with van der Waals surface area (Å²) in [6, 6.07) is 2.72. The van der Waals surface area contributed by atoms with Crippen molar-refractivity contribution in [3.8, 4) is 0 Å². The zero-order valence-electron chi connectivity index (χ0n) is 11.7. The van der Waals surface area contributed by atoms with Crippen molar-refractivity contribution < 1.29 is 4.74 Å². The fourth-order valence-electron chi connectivity index (χ4n) is 2.91. The van der Waals surface area contributed by atoms with Crippen molar-refractivity contribution in [1.82, 2.24) is 15.3 Å². The number of nitrogens with zero attached hydrogens (tertiary/aromatic N) is 2. The summed E-state index contributed by atoms with van der Waals surface area (Å²) in [6.45, 7) is 3.63. The third kappa shape index (κ3) is 2.95. The maximum atomic E-state index is 6.02. The summed E-state index contributed by atoms with van der Waals surface area (Å²) in [5, 5.41) is 3.50. The summed E-state index contributed by atoms with van der Waals surface area (Å²) in [7, 11) is 0. The monoisotopic (exact) mass is 261 g/mol. The maximum absolute atomic E-state index is 6.02. The Labute approximate surface area is 115 Å². The summed E-state index contributed by atoms with van der Waals surface area (Å²) in [5.41, 5.74) is 0.868. The molecule has 1 aromatic rings. The highest BCUT2D eigenvalue weighted by Crippen LogP contribution is 2.40. The van der Waals surface area contributed by atoms with Crippen molar-refractivity contribution in [2.24, 2.45) is 0 Å². The minimum atomic E-state index is -0.218. The van der Waals surface area contributed by atoms with E-state index in [-0.39, 0.29) is 5.60 Å². The molecule has 2 aliphatic carbocycles. The van der Waals surface area contributed by atoms with Crippen LogP contribution in [-0.4, -0.2) is 22.6 Å². The molecule has 0 bridgehead atoms. The van der Waals surface area contributed by atoms with Gasteiger partial charge in [-0.05, 0) is 51.5 Å². The molecular formula is C15H23N3O. The van der Waals surface area contributed by atoms with Gasteiger partial charge in [-0.15, -0.1) is 0 Å². The minimum Gasteiger partial charge on any atom is -0.367 e. The summed E-state index contributed by atoms with van der Waals surface area (Å²) in [4.78, 5) is 9.24. The van der Waals surface area contributed by atoms with Gasteiger partial charge in [0.15, 0.2) is 5.82 Å². The Hall–Kier alpha value is -1.00. The summed E-state index contributed by atoms with van der Waals surface area (Å²) >= 11 is 0. The molecule has 1 heterocycles. The second-order valence-corrected chi connectivity index (χ2v) is 5.66.